The van der Waals surface area contributed by atoms with Gasteiger partial charge in [-0.2, -0.15) is 0 Å². The van der Waals surface area contributed by atoms with E-state index in [1.807, 2.05) is 18.2 Å². The van der Waals surface area contributed by atoms with Crippen molar-refractivity contribution >= 4 is 17.2 Å². The molecular weight excluding hydrogens is 333 g/mol. The predicted molar refractivity (Wildman–Crippen MR) is 100 cm³/mol. The van der Waals surface area contributed by atoms with E-state index in [2.05, 4.69) is 35.8 Å². The number of carbonyl (C=O) groups excluding carboxylic acids is 1. The second kappa shape index (κ2) is 8.08. The molecule has 0 fully saturated rings. The summed E-state index contributed by atoms with van der Waals surface area (Å²) in [5, 5.41) is 5.20. The Hall–Kier alpha value is -2.46. The molecule has 1 aromatic heterocycles. The molecule has 0 aliphatic rings. The molecule has 0 saturated carbocycles. The zero-order chi connectivity index (χ0) is 17.6. The highest BCUT2D eigenvalue weighted by Gasteiger charge is 2.18. The van der Waals surface area contributed by atoms with Crippen LogP contribution >= 0.6 is 11.3 Å². The van der Waals surface area contributed by atoms with Gasteiger partial charge in [0.1, 0.15) is 5.82 Å². The fourth-order valence-electron chi connectivity index (χ4n) is 2.83. The van der Waals surface area contributed by atoms with Crippen molar-refractivity contribution in [3.63, 3.8) is 0 Å². The summed E-state index contributed by atoms with van der Waals surface area (Å²) in [7, 11) is 0. The van der Waals surface area contributed by atoms with E-state index >= 15 is 0 Å². The van der Waals surface area contributed by atoms with Gasteiger partial charge in [-0.25, -0.2) is 4.39 Å². The van der Waals surface area contributed by atoms with E-state index in [4.69, 9.17) is 0 Å². The van der Waals surface area contributed by atoms with Gasteiger partial charge in [0, 0.05) is 4.88 Å². The van der Waals surface area contributed by atoms with Crippen LogP contribution in [0.5, 0.6) is 0 Å². The number of hydrogen-bond acceptors (Lipinski definition) is 2. The van der Waals surface area contributed by atoms with Crippen LogP contribution in [0.25, 0.3) is 0 Å². The molecule has 4 heteroatoms. The molecule has 1 N–H and O–H groups in total. The van der Waals surface area contributed by atoms with Crippen LogP contribution in [-0.2, 0) is 17.6 Å². The molecule has 3 aromatic rings. The lowest BCUT2D eigenvalue weighted by Crippen LogP contribution is -2.31. The molecule has 0 aliphatic carbocycles. The molecule has 0 aliphatic heterocycles. The highest BCUT2D eigenvalue weighted by molar-refractivity contribution is 7.10. The molecular formula is C21H20FNOS. The number of nitrogens with one attached hydrogen (secondary N) is 1. The van der Waals surface area contributed by atoms with Gasteiger partial charge in [-0.1, -0.05) is 42.5 Å². The first-order valence-electron chi connectivity index (χ1n) is 8.23. The van der Waals surface area contributed by atoms with Gasteiger partial charge < -0.3 is 5.32 Å². The Morgan fingerprint density at radius 3 is 2.40 bits per heavy atom. The van der Waals surface area contributed by atoms with Crippen LogP contribution in [0, 0.1) is 12.7 Å². The molecule has 0 radical (unpaired) electrons. The largest absolute Gasteiger partial charge is 0.348 e. The van der Waals surface area contributed by atoms with Gasteiger partial charge in [-0.05, 0) is 53.6 Å². The number of thiophene rings is 1. The van der Waals surface area contributed by atoms with Crippen LogP contribution in [0.15, 0.2) is 66.0 Å². The molecule has 2 nitrogen and oxygen atoms in total. The van der Waals surface area contributed by atoms with Crippen molar-refractivity contribution in [3.05, 3.63) is 93.4 Å². The van der Waals surface area contributed by atoms with Crippen LogP contribution in [0.2, 0.25) is 0 Å². The Morgan fingerprint density at radius 1 is 1.04 bits per heavy atom. The summed E-state index contributed by atoms with van der Waals surface area (Å²) in [4.78, 5) is 13.7. The molecule has 128 valence electrons. The first kappa shape index (κ1) is 17.4. The number of hydrogen-bond donors (Lipinski definition) is 1. The molecule has 1 atom stereocenters. The van der Waals surface area contributed by atoms with Crippen molar-refractivity contribution in [3.8, 4) is 0 Å². The molecule has 1 amide bonds. The smallest absolute Gasteiger partial charge is 0.224 e. The van der Waals surface area contributed by atoms with Gasteiger partial charge in [0.15, 0.2) is 0 Å². The molecule has 1 heterocycles. The monoisotopic (exact) mass is 353 g/mol. The Kier molecular flexibility index (Phi) is 5.61. The van der Waals surface area contributed by atoms with E-state index in [9.17, 15) is 9.18 Å². The fourth-order valence-corrected chi connectivity index (χ4v) is 3.81. The molecule has 3 rings (SSSR count). The lowest BCUT2D eigenvalue weighted by molar-refractivity contribution is -0.121. The van der Waals surface area contributed by atoms with Crippen LogP contribution in [0.1, 0.15) is 27.6 Å². The normalized spacial score (nSPS) is 11.9. The minimum Gasteiger partial charge on any atom is -0.348 e. The van der Waals surface area contributed by atoms with Crippen molar-refractivity contribution in [1.29, 1.82) is 0 Å². The summed E-state index contributed by atoms with van der Waals surface area (Å²) in [6.07, 6.45) is 0.993. The fraction of sp³-hybridized carbons (Fsp3) is 0.190. The number of benzene rings is 2. The van der Waals surface area contributed by atoms with Crippen LogP contribution in [-0.4, -0.2) is 5.91 Å². The SMILES string of the molecule is Cc1ccsc1C(Cc1ccccc1)NC(=O)Cc1ccc(F)cc1. The lowest BCUT2D eigenvalue weighted by Gasteiger charge is -2.19. The van der Waals surface area contributed by atoms with Crippen molar-refractivity contribution in [2.75, 3.05) is 0 Å². The van der Waals surface area contributed by atoms with E-state index in [-0.39, 0.29) is 24.2 Å². The van der Waals surface area contributed by atoms with Crippen LogP contribution in [0.3, 0.4) is 0 Å². The summed E-state index contributed by atoms with van der Waals surface area (Å²) in [6.45, 7) is 2.07. The van der Waals surface area contributed by atoms with Crippen molar-refractivity contribution < 1.29 is 9.18 Å². The highest BCUT2D eigenvalue weighted by atomic mass is 32.1. The van der Waals surface area contributed by atoms with Crippen molar-refractivity contribution in [1.82, 2.24) is 5.32 Å². The first-order chi connectivity index (χ1) is 12.1. The third-order valence-electron chi connectivity index (χ3n) is 4.11. The molecule has 2 aromatic carbocycles. The van der Waals surface area contributed by atoms with Gasteiger partial charge in [0.05, 0.1) is 12.5 Å². The van der Waals surface area contributed by atoms with E-state index < -0.39 is 0 Å². The average Bonchev–Trinajstić information content (AvgIpc) is 3.03. The van der Waals surface area contributed by atoms with Gasteiger partial charge in [0.2, 0.25) is 5.91 Å². The Balaban J connectivity index is 1.74. The minimum absolute atomic E-state index is 0.0552. The summed E-state index contributed by atoms with van der Waals surface area (Å²) in [5.41, 5.74) is 3.18. The Morgan fingerprint density at radius 2 is 1.76 bits per heavy atom. The Bertz CT molecular complexity index is 827. The van der Waals surface area contributed by atoms with E-state index in [1.54, 1.807) is 23.5 Å². The highest BCUT2D eigenvalue weighted by Crippen LogP contribution is 2.27. The molecule has 1 unspecified atom stereocenters. The minimum atomic E-state index is -0.291. The number of amides is 1. The number of halogens is 1. The molecule has 0 spiro atoms. The predicted octanol–water partition coefficient (Wildman–Crippen LogP) is 4.84. The quantitative estimate of drug-likeness (QED) is 0.675. The lowest BCUT2D eigenvalue weighted by atomic mass is 10.0. The summed E-state index contributed by atoms with van der Waals surface area (Å²) < 4.78 is 13.0. The van der Waals surface area contributed by atoms with E-state index in [0.717, 1.165) is 12.0 Å². The van der Waals surface area contributed by atoms with Gasteiger partial charge in [-0.15, -0.1) is 11.3 Å². The van der Waals surface area contributed by atoms with Crippen LogP contribution in [0.4, 0.5) is 4.39 Å². The summed E-state index contributed by atoms with van der Waals surface area (Å²) in [5.74, 6) is -0.347. The number of aryl methyl sites for hydroxylation is 1. The zero-order valence-corrected chi connectivity index (χ0v) is 14.9. The zero-order valence-electron chi connectivity index (χ0n) is 14.0. The van der Waals surface area contributed by atoms with E-state index in [0.29, 0.717) is 0 Å². The van der Waals surface area contributed by atoms with Gasteiger partial charge in [0.25, 0.3) is 0 Å². The maximum absolute atomic E-state index is 13.0. The third kappa shape index (κ3) is 4.77. The standard InChI is InChI=1S/C21H20FNOS/c1-15-11-12-25-21(15)19(13-16-5-3-2-4-6-16)23-20(24)14-17-7-9-18(22)10-8-17/h2-12,19H,13-14H2,1H3,(H,23,24). The molecule has 0 bridgehead atoms. The number of carbonyl (C=O) groups is 1. The molecule has 25 heavy (non-hydrogen) atoms. The Labute approximate surface area is 151 Å². The number of rotatable bonds is 6. The third-order valence-corrected chi connectivity index (χ3v) is 5.25. The van der Waals surface area contributed by atoms with Crippen molar-refractivity contribution in [2.24, 2.45) is 0 Å². The maximum Gasteiger partial charge on any atom is 0.224 e. The van der Waals surface area contributed by atoms with Gasteiger partial charge in [-0.3, -0.25) is 4.79 Å². The second-order valence-corrected chi connectivity index (χ2v) is 7.03. The second-order valence-electron chi connectivity index (χ2n) is 6.08. The summed E-state index contributed by atoms with van der Waals surface area (Å²) in [6, 6.07) is 18.2. The van der Waals surface area contributed by atoms with Gasteiger partial charge >= 0.3 is 0 Å². The maximum atomic E-state index is 13.0. The molecule has 0 saturated heterocycles. The van der Waals surface area contributed by atoms with Crippen LogP contribution < -0.4 is 5.32 Å². The first-order valence-corrected chi connectivity index (χ1v) is 9.11. The van der Waals surface area contributed by atoms with E-state index in [1.165, 1.54) is 28.1 Å². The average molecular weight is 353 g/mol. The van der Waals surface area contributed by atoms with Crippen molar-refractivity contribution in [2.45, 2.75) is 25.8 Å². The summed E-state index contributed by atoms with van der Waals surface area (Å²) >= 11 is 1.66. The topological polar surface area (TPSA) is 29.1 Å².